The molecule has 0 bridgehead atoms. The lowest BCUT2D eigenvalue weighted by molar-refractivity contribution is 0.275. The van der Waals surface area contributed by atoms with Crippen LogP contribution in [0.15, 0.2) is 24.3 Å². The fourth-order valence-electron chi connectivity index (χ4n) is 2.80. The summed E-state index contributed by atoms with van der Waals surface area (Å²) in [5.74, 6) is 0. The van der Waals surface area contributed by atoms with Crippen LogP contribution in [0.5, 0.6) is 0 Å². The van der Waals surface area contributed by atoms with Crippen molar-refractivity contribution in [3.05, 3.63) is 35.4 Å². The number of hydrogen-bond acceptors (Lipinski definition) is 1. The minimum absolute atomic E-state index is 0.387. The molecule has 1 unspecified atom stereocenters. The molecule has 0 spiro atoms. The molecule has 0 radical (unpaired) electrons. The number of rotatable bonds is 9. The largest absolute Gasteiger partial charge is 0.316 e. The van der Waals surface area contributed by atoms with Gasteiger partial charge >= 0.3 is 0 Å². The van der Waals surface area contributed by atoms with Gasteiger partial charge < -0.3 is 5.32 Å². The zero-order valence-electron chi connectivity index (χ0n) is 13.3. The van der Waals surface area contributed by atoms with Crippen LogP contribution in [0.1, 0.15) is 58.1 Å². The summed E-state index contributed by atoms with van der Waals surface area (Å²) in [6.07, 6.45) is 6.08. The summed E-state index contributed by atoms with van der Waals surface area (Å²) in [5.41, 5.74) is 3.30. The minimum Gasteiger partial charge on any atom is -0.316 e. The van der Waals surface area contributed by atoms with Gasteiger partial charge in [0.25, 0.3) is 0 Å². The van der Waals surface area contributed by atoms with Gasteiger partial charge in [0.1, 0.15) is 0 Å². The third-order valence-electron chi connectivity index (χ3n) is 3.89. The Balaban J connectivity index is 2.64. The van der Waals surface area contributed by atoms with Gasteiger partial charge in [-0.25, -0.2) is 0 Å². The summed E-state index contributed by atoms with van der Waals surface area (Å²) in [6.45, 7) is 11.4. The lowest BCUT2D eigenvalue weighted by atomic mass is 9.79. The predicted octanol–water partition coefficient (Wildman–Crippen LogP) is 4.60. The van der Waals surface area contributed by atoms with Gasteiger partial charge in [0, 0.05) is 6.54 Å². The summed E-state index contributed by atoms with van der Waals surface area (Å²) in [6, 6.07) is 9.18. The maximum Gasteiger partial charge on any atom is 0.000834 e. The van der Waals surface area contributed by atoms with Crippen LogP contribution in [0, 0.1) is 5.41 Å². The average Bonchev–Trinajstić information content (AvgIpc) is 2.40. The Morgan fingerprint density at radius 2 is 1.58 bits per heavy atom. The summed E-state index contributed by atoms with van der Waals surface area (Å²) < 4.78 is 0. The van der Waals surface area contributed by atoms with E-state index in [0.717, 1.165) is 19.5 Å². The van der Waals surface area contributed by atoms with E-state index in [4.69, 9.17) is 0 Å². The highest BCUT2D eigenvalue weighted by molar-refractivity contribution is 5.23. The third kappa shape index (κ3) is 5.78. The monoisotopic (exact) mass is 261 g/mol. The van der Waals surface area contributed by atoms with E-state index in [9.17, 15) is 0 Å². The molecule has 0 heterocycles. The van der Waals surface area contributed by atoms with Crippen molar-refractivity contribution in [1.82, 2.24) is 5.32 Å². The lowest BCUT2D eigenvalue weighted by Crippen LogP contribution is -2.34. The molecule has 1 atom stereocenters. The van der Waals surface area contributed by atoms with Crippen molar-refractivity contribution < 1.29 is 0 Å². The van der Waals surface area contributed by atoms with Gasteiger partial charge in [-0.3, -0.25) is 0 Å². The highest BCUT2D eigenvalue weighted by atomic mass is 14.9. The van der Waals surface area contributed by atoms with E-state index < -0.39 is 0 Å². The van der Waals surface area contributed by atoms with E-state index in [1.165, 1.54) is 36.8 Å². The standard InChI is InChI=1S/C18H31N/c1-5-12-18(4,15-19-13-6-2)14-17-10-8-16(7-3)9-11-17/h8-11,19H,5-7,12-15H2,1-4H3. The Bertz CT molecular complexity index is 341. The van der Waals surface area contributed by atoms with Crippen molar-refractivity contribution in [3.63, 3.8) is 0 Å². The molecule has 1 N–H and O–H groups in total. The Hall–Kier alpha value is -0.820. The molecular formula is C18H31N. The SMILES string of the molecule is CCCNCC(C)(CCC)Cc1ccc(CC)cc1. The average molecular weight is 261 g/mol. The van der Waals surface area contributed by atoms with Crippen LogP contribution in [0.2, 0.25) is 0 Å². The van der Waals surface area contributed by atoms with E-state index in [1.807, 2.05) is 0 Å². The Kier molecular flexibility index (Phi) is 7.15. The lowest BCUT2D eigenvalue weighted by Gasteiger charge is -2.30. The van der Waals surface area contributed by atoms with E-state index in [0.29, 0.717) is 5.41 Å². The Morgan fingerprint density at radius 3 is 2.11 bits per heavy atom. The molecule has 0 fully saturated rings. The fourth-order valence-corrected chi connectivity index (χ4v) is 2.80. The molecule has 1 rings (SSSR count). The number of benzene rings is 1. The van der Waals surface area contributed by atoms with Gasteiger partial charge in [0.05, 0.1) is 0 Å². The van der Waals surface area contributed by atoms with Crippen molar-refractivity contribution >= 4 is 0 Å². The summed E-state index contributed by atoms with van der Waals surface area (Å²) in [4.78, 5) is 0. The van der Waals surface area contributed by atoms with E-state index in [-0.39, 0.29) is 0 Å². The quantitative estimate of drug-likeness (QED) is 0.641. The van der Waals surface area contributed by atoms with Crippen molar-refractivity contribution in [1.29, 1.82) is 0 Å². The smallest absolute Gasteiger partial charge is 0.000834 e. The number of aryl methyl sites for hydroxylation is 1. The molecule has 0 amide bonds. The molecule has 1 heteroatoms. The zero-order valence-corrected chi connectivity index (χ0v) is 13.3. The van der Waals surface area contributed by atoms with Crippen molar-refractivity contribution in [2.24, 2.45) is 5.41 Å². The molecule has 0 saturated carbocycles. The Morgan fingerprint density at radius 1 is 0.947 bits per heavy atom. The maximum absolute atomic E-state index is 3.60. The summed E-state index contributed by atoms with van der Waals surface area (Å²) in [5, 5.41) is 3.60. The summed E-state index contributed by atoms with van der Waals surface area (Å²) in [7, 11) is 0. The van der Waals surface area contributed by atoms with Gasteiger partial charge in [-0.15, -0.1) is 0 Å². The van der Waals surface area contributed by atoms with E-state index >= 15 is 0 Å². The molecule has 19 heavy (non-hydrogen) atoms. The van der Waals surface area contributed by atoms with Crippen molar-refractivity contribution in [3.8, 4) is 0 Å². The maximum atomic E-state index is 3.60. The molecule has 0 aliphatic carbocycles. The topological polar surface area (TPSA) is 12.0 Å². The molecule has 108 valence electrons. The van der Waals surface area contributed by atoms with Crippen LogP contribution >= 0.6 is 0 Å². The molecule has 1 aromatic carbocycles. The van der Waals surface area contributed by atoms with E-state index in [1.54, 1.807) is 0 Å². The van der Waals surface area contributed by atoms with Crippen molar-refractivity contribution in [2.75, 3.05) is 13.1 Å². The number of nitrogens with one attached hydrogen (secondary N) is 1. The van der Waals surface area contributed by atoms with Gasteiger partial charge in [-0.2, -0.15) is 0 Å². The molecular weight excluding hydrogens is 230 g/mol. The van der Waals surface area contributed by atoms with Gasteiger partial charge in [0.15, 0.2) is 0 Å². The van der Waals surface area contributed by atoms with Gasteiger partial charge in [-0.05, 0) is 48.8 Å². The van der Waals surface area contributed by atoms with E-state index in [2.05, 4.69) is 57.3 Å². The predicted molar refractivity (Wildman–Crippen MR) is 85.7 cm³/mol. The van der Waals surface area contributed by atoms with Gasteiger partial charge in [0.2, 0.25) is 0 Å². The Labute approximate surface area is 119 Å². The molecule has 0 aliphatic rings. The first-order chi connectivity index (χ1) is 9.13. The first-order valence-corrected chi connectivity index (χ1v) is 7.92. The third-order valence-corrected chi connectivity index (χ3v) is 3.89. The van der Waals surface area contributed by atoms with Crippen LogP contribution < -0.4 is 5.32 Å². The second-order valence-electron chi connectivity index (χ2n) is 6.08. The van der Waals surface area contributed by atoms with Crippen LogP contribution in [0.3, 0.4) is 0 Å². The summed E-state index contributed by atoms with van der Waals surface area (Å²) >= 11 is 0. The second-order valence-corrected chi connectivity index (χ2v) is 6.08. The highest BCUT2D eigenvalue weighted by Crippen LogP contribution is 2.27. The molecule has 0 aromatic heterocycles. The normalized spacial score (nSPS) is 14.3. The van der Waals surface area contributed by atoms with Crippen LogP contribution in [0.25, 0.3) is 0 Å². The number of hydrogen-bond donors (Lipinski definition) is 1. The van der Waals surface area contributed by atoms with Crippen LogP contribution in [-0.4, -0.2) is 13.1 Å². The van der Waals surface area contributed by atoms with Gasteiger partial charge in [-0.1, -0.05) is 58.4 Å². The molecule has 1 aromatic rings. The van der Waals surface area contributed by atoms with Crippen molar-refractivity contribution in [2.45, 2.75) is 59.8 Å². The second kappa shape index (κ2) is 8.37. The molecule has 1 nitrogen and oxygen atoms in total. The first-order valence-electron chi connectivity index (χ1n) is 7.92. The highest BCUT2D eigenvalue weighted by Gasteiger charge is 2.23. The molecule has 0 saturated heterocycles. The van der Waals surface area contributed by atoms with Crippen LogP contribution in [0.4, 0.5) is 0 Å². The zero-order chi connectivity index (χ0) is 14.1. The minimum atomic E-state index is 0.387. The van der Waals surface area contributed by atoms with Crippen LogP contribution in [-0.2, 0) is 12.8 Å². The fraction of sp³-hybridized carbons (Fsp3) is 0.667. The molecule has 0 aliphatic heterocycles. The first kappa shape index (κ1) is 16.2.